The lowest BCUT2D eigenvalue weighted by molar-refractivity contribution is -0.165. The summed E-state index contributed by atoms with van der Waals surface area (Å²) < 4.78 is 32.9. The van der Waals surface area contributed by atoms with E-state index in [9.17, 15) is 15.1 Å². The summed E-state index contributed by atoms with van der Waals surface area (Å²) >= 11 is 0. The van der Waals surface area contributed by atoms with Gasteiger partial charge in [0.15, 0.2) is 5.54 Å². The molecule has 38 heavy (non-hydrogen) atoms. The van der Waals surface area contributed by atoms with Gasteiger partial charge in [0.25, 0.3) is 0 Å². The van der Waals surface area contributed by atoms with Gasteiger partial charge in [0, 0.05) is 16.7 Å². The maximum absolute atomic E-state index is 16.0. The number of rotatable bonds is 9. The predicted molar refractivity (Wildman–Crippen MR) is 137 cm³/mol. The molecular weight excluding hydrogens is 489 g/mol. The Hall–Kier alpha value is -3.94. The van der Waals surface area contributed by atoms with Crippen molar-refractivity contribution < 1.29 is 28.2 Å². The summed E-state index contributed by atoms with van der Waals surface area (Å²) in [5.41, 5.74) is 6.54. The highest BCUT2D eigenvalue weighted by Crippen LogP contribution is 2.70. The SMILES string of the molecule is CCOC(=O)[C@@]1(F)[C@@H]2C[C@@H](O[C@H](C)c3ccc4ccccc4c3)[C@@](N=[N+]=[N-])(C(=O)OCc3ccccc3)[C@@H]21. The molecule has 2 saturated carbocycles. The molecule has 8 nitrogen and oxygen atoms in total. The molecule has 0 saturated heterocycles. The van der Waals surface area contributed by atoms with Gasteiger partial charge < -0.3 is 14.2 Å². The number of benzene rings is 3. The van der Waals surface area contributed by atoms with Gasteiger partial charge in [-0.1, -0.05) is 71.8 Å². The van der Waals surface area contributed by atoms with Crippen LogP contribution < -0.4 is 0 Å². The fourth-order valence-corrected chi connectivity index (χ4v) is 5.77. The highest BCUT2D eigenvalue weighted by Gasteiger charge is 2.86. The maximum Gasteiger partial charge on any atom is 0.344 e. The minimum atomic E-state index is -2.46. The molecule has 0 spiro atoms. The van der Waals surface area contributed by atoms with E-state index in [1.165, 1.54) is 0 Å². The molecule has 196 valence electrons. The first-order valence-corrected chi connectivity index (χ1v) is 12.6. The van der Waals surface area contributed by atoms with Crippen LogP contribution in [-0.4, -0.2) is 35.9 Å². The standard InChI is InChI=1S/C29H28FN3O5/c1-3-36-26(34)28(30)23-16-24(38-18(2)21-14-13-20-11-7-8-12-22(20)15-21)29(25(23)28,32-33-31)27(35)37-17-19-9-5-4-6-10-19/h4-15,18,23-25H,3,16-17H2,1-2H3/t18-,23-,24-,25+,28-,29+/m1/s1. The number of azide groups is 1. The first-order valence-electron chi connectivity index (χ1n) is 12.6. The van der Waals surface area contributed by atoms with E-state index in [1.807, 2.05) is 55.5 Å². The Morgan fingerprint density at radius 3 is 2.47 bits per heavy atom. The molecule has 0 heterocycles. The van der Waals surface area contributed by atoms with E-state index in [4.69, 9.17) is 14.2 Å². The zero-order valence-corrected chi connectivity index (χ0v) is 21.1. The molecule has 0 N–H and O–H groups in total. The van der Waals surface area contributed by atoms with Crippen molar-refractivity contribution in [2.75, 3.05) is 6.61 Å². The normalized spacial score (nSPS) is 28.1. The predicted octanol–water partition coefficient (Wildman–Crippen LogP) is 6.00. The Morgan fingerprint density at radius 2 is 1.76 bits per heavy atom. The number of esters is 2. The lowest BCUT2D eigenvalue weighted by atomic mass is 9.87. The van der Waals surface area contributed by atoms with Crippen molar-refractivity contribution in [2.45, 2.75) is 50.3 Å². The van der Waals surface area contributed by atoms with Gasteiger partial charge >= 0.3 is 11.9 Å². The molecule has 0 radical (unpaired) electrons. The summed E-state index contributed by atoms with van der Waals surface area (Å²) in [6.07, 6.45) is -1.53. The van der Waals surface area contributed by atoms with Crippen molar-refractivity contribution in [1.82, 2.24) is 0 Å². The van der Waals surface area contributed by atoms with Crippen LogP contribution in [0.3, 0.4) is 0 Å². The van der Waals surface area contributed by atoms with Crippen LogP contribution in [0.1, 0.15) is 37.5 Å². The van der Waals surface area contributed by atoms with Crippen molar-refractivity contribution >= 4 is 22.7 Å². The van der Waals surface area contributed by atoms with E-state index < -0.39 is 47.2 Å². The first kappa shape index (κ1) is 25.7. The first-order chi connectivity index (χ1) is 18.4. The summed E-state index contributed by atoms with van der Waals surface area (Å²) in [4.78, 5) is 29.1. The average Bonchev–Trinajstić information content (AvgIpc) is 3.39. The van der Waals surface area contributed by atoms with Gasteiger partial charge in [-0.25, -0.2) is 9.18 Å². The number of carbonyl (C=O) groups is 2. The molecule has 0 bridgehead atoms. The Balaban J connectivity index is 1.46. The average molecular weight is 518 g/mol. The molecular formula is C29H28FN3O5. The second-order valence-electron chi connectivity index (χ2n) is 9.76. The maximum atomic E-state index is 16.0. The molecule has 2 fully saturated rings. The monoisotopic (exact) mass is 517 g/mol. The van der Waals surface area contributed by atoms with Crippen LogP contribution in [0.4, 0.5) is 4.39 Å². The third-order valence-electron chi connectivity index (χ3n) is 7.67. The van der Waals surface area contributed by atoms with Crippen LogP contribution in [0.5, 0.6) is 0 Å². The van der Waals surface area contributed by atoms with Crippen molar-refractivity contribution in [2.24, 2.45) is 17.0 Å². The van der Waals surface area contributed by atoms with Gasteiger partial charge in [-0.05, 0) is 53.8 Å². The number of fused-ring (bicyclic) bond motifs is 2. The minimum absolute atomic E-state index is 0.00262. The van der Waals surface area contributed by atoms with Gasteiger partial charge in [0.05, 0.1) is 18.8 Å². The molecule has 3 aromatic rings. The third-order valence-corrected chi connectivity index (χ3v) is 7.67. The van der Waals surface area contributed by atoms with Gasteiger partial charge in [-0.2, -0.15) is 0 Å². The topological polar surface area (TPSA) is 111 Å². The number of nitrogens with zero attached hydrogens (tertiary/aromatic N) is 3. The number of halogens is 1. The zero-order valence-electron chi connectivity index (χ0n) is 21.1. The van der Waals surface area contributed by atoms with Crippen LogP contribution >= 0.6 is 0 Å². The summed E-state index contributed by atoms with van der Waals surface area (Å²) in [6, 6.07) is 22.7. The molecule has 0 aliphatic heterocycles. The van der Waals surface area contributed by atoms with E-state index in [1.54, 1.807) is 31.2 Å². The Morgan fingerprint density at radius 1 is 1.05 bits per heavy atom. The lowest BCUT2D eigenvalue weighted by Crippen LogP contribution is -2.53. The van der Waals surface area contributed by atoms with E-state index >= 15 is 4.39 Å². The molecule has 0 unspecified atom stereocenters. The zero-order chi connectivity index (χ0) is 26.9. The fraction of sp³-hybridized carbons (Fsp3) is 0.379. The van der Waals surface area contributed by atoms with Gasteiger partial charge in [0.2, 0.25) is 5.67 Å². The number of carbonyl (C=O) groups excluding carboxylic acids is 2. The Bertz CT molecular complexity index is 1410. The van der Waals surface area contributed by atoms with Gasteiger partial charge in [-0.3, -0.25) is 4.79 Å². The summed E-state index contributed by atoms with van der Waals surface area (Å²) in [5.74, 6) is -4.14. The molecule has 0 amide bonds. The summed E-state index contributed by atoms with van der Waals surface area (Å²) in [7, 11) is 0. The number of alkyl halides is 1. The van der Waals surface area contributed by atoms with Crippen LogP contribution in [0.15, 0.2) is 77.9 Å². The number of hydrogen-bond donors (Lipinski definition) is 0. The molecule has 2 aliphatic carbocycles. The quantitative estimate of drug-likeness (QED) is 0.150. The Kier molecular flexibility index (Phi) is 6.82. The molecule has 9 heteroatoms. The van der Waals surface area contributed by atoms with Crippen LogP contribution in [0, 0.1) is 11.8 Å². The van der Waals surface area contributed by atoms with Crippen molar-refractivity contribution in [1.29, 1.82) is 0 Å². The number of hydrogen-bond acceptors (Lipinski definition) is 6. The molecule has 5 rings (SSSR count). The molecule has 2 aliphatic rings. The van der Waals surface area contributed by atoms with E-state index in [2.05, 4.69) is 10.0 Å². The minimum Gasteiger partial charge on any atom is -0.464 e. The van der Waals surface area contributed by atoms with Crippen LogP contribution in [-0.2, 0) is 30.4 Å². The van der Waals surface area contributed by atoms with Crippen LogP contribution in [0.25, 0.3) is 21.2 Å². The second-order valence-corrected chi connectivity index (χ2v) is 9.76. The van der Waals surface area contributed by atoms with Crippen molar-refractivity contribution in [3.63, 3.8) is 0 Å². The highest BCUT2D eigenvalue weighted by atomic mass is 19.1. The molecule has 3 aromatic carbocycles. The van der Waals surface area contributed by atoms with Crippen LogP contribution in [0.2, 0.25) is 0 Å². The highest BCUT2D eigenvalue weighted by molar-refractivity contribution is 5.92. The van der Waals surface area contributed by atoms with Gasteiger partial charge in [0.1, 0.15) is 6.61 Å². The van der Waals surface area contributed by atoms with Gasteiger partial charge in [-0.15, -0.1) is 0 Å². The number of ether oxygens (including phenoxy) is 3. The Labute approximate surface area is 219 Å². The van der Waals surface area contributed by atoms with Crippen molar-refractivity contribution in [3.8, 4) is 0 Å². The van der Waals surface area contributed by atoms with Crippen molar-refractivity contribution in [3.05, 3.63) is 94.4 Å². The lowest BCUT2D eigenvalue weighted by Gasteiger charge is -2.35. The third kappa shape index (κ3) is 4.18. The summed E-state index contributed by atoms with van der Waals surface area (Å²) in [6.45, 7) is 3.27. The smallest absolute Gasteiger partial charge is 0.344 e. The molecule has 0 aromatic heterocycles. The van der Waals surface area contributed by atoms with E-state index in [0.29, 0.717) is 5.56 Å². The summed E-state index contributed by atoms with van der Waals surface area (Å²) in [5, 5.41) is 5.92. The largest absolute Gasteiger partial charge is 0.464 e. The van der Waals surface area contributed by atoms with E-state index in [-0.39, 0.29) is 19.6 Å². The second kappa shape index (κ2) is 10.1. The van der Waals surface area contributed by atoms with E-state index in [0.717, 1.165) is 16.3 Å². The fourth-order valence-electron chi connectivity index (χ4n) is 5.77. The molecule has 6 atom stereocenters.